The van der Waals surface area contributed by atoms with E-state index in [1.165, 1.54) is 16.7 Å². The van der Waals surface area contributed by atoms with Crippen molar-refractivity contribution in [3.05, 3.63) is 29.8 Å². The molecule has 0 aromatic heterocycles. The maximum Gasteiger partial charge on any atom is 0.325 e. The Morgan fingerprint density at radius 2 is 2.05 bits per heavy atom. The fraction of sp³-hybridized carbons (Fsp3) is 0.400. The molecule has 0 radical (unpaired) electrons. The fourth-order valence-electron chi connectivity index (χ4n) is 1.74. The van der Waals surface area contributed by atoms with Gasteiger partial charge in [0.25, 0.3) is 5.91 Å². The quantitative estimate of drug-likeness (QED) is 0.571. The van der Waals surface area contributed by atoms with Crippen molar-refractivity contribution in [2.45, 2.75) is 18.7 Å². The Balaban J connectivity index is 2.89. The summed E-state index contributed by atoms with van der Waals surface area (Å²) in [6.07, 6.45) is 0. The number of nitriles is 1. The average Bonchev–Trinajstić information content (AvgIpc) is 2.50. The molecule has 0 N–H and O–H groups in total. The van der Waals surface area contributed by atoms with Crippen LogP contribution in [0, 0.1) is 11.3 Å². The maximum absolute atomic E-state index is 12.5. The molecule has 0 aliphatic rings. The molecule has 0 saturated carbocycles. The number of esters is 1. The standard InChI is InChI=1S/C15H18N2O3S/c1-3-17(11-14(18)20-4-2)15(19)12-7-5-6-8-13(12)21-10-9-16/h5-8H,3-4,10-11H2,1-2H3. The van der Waals surface area contributed by atoms with Gasteiger partial charge in [0, 0.05) is 11.4 Å². The van der Waals surface area contributed by atoms with Crippen molar-refractivity contribution in [3.63, 3.8) is 0 Å². The number of hydrogen-bond donors (Lipinski definition) is 0. The average molecular weight is 306 g/mol. The number of amides is 1. The van der Waals surface area contributed by atoms with Crippen LogP contribution in [-0.2, 0) is 9.53 Å². The van der Waals surface area contributed by atoms with E-state index in [9.17, 15) is 9.59 Å². The lowest BCUT2D eigenvalue weighted by Gasteiger charge is -2.21. The molecule has 112 valence electrons. The fourth-order valence-corrected chi connectivity index (χ4v) is 2.44. The Morgan fingerprint density at radius 3 is 2.67 bits per heavy atom. The smallest absolute Gasteiger partial charge is 0.325 e. The van der Waals surface area contributed by atoms with Crippen LogP contribution >= 0.6 is 11.8 Å². The third-order valence-corrected chi connectivity index (χ3v) is 3.64. The molecule has 0 fully saturated rings. The first kappa shape index (κ1) is 17.1. The largest absolute Gasteiger partial charge is 0.465 e. The third kappa shape index (κ3) is 5.12. The van der Waals surface area contributed by atoms with E-state index in [1.807, 2.05) is 19.1 Å². The minimum atomic E-state index is -0.421. The van der Waals surface area contributed by atoms with Crippen LogP contribution in [0.4, 0.5) is 0 Å². The van der Waals surface area contributed by atoms with Gasteiger partial charge in [-0.15, -0.1) is 11.8 Å². The van der Waals surface area contributed by atoms with Gasteiger partial charge in [0.15, 0.2) is 0 Å². The molecule has 6 heteroatoms. The molecule has 0 bridgehead atoms. The number of rotatable bonds is 7. The van der Waals surface area contributed by atoms with Gasteiger partial charge < -0.3 is 9.64 Å². The van der Waals surface area contributed by atoms with Gasteiger partial charge in [-0.1, -0.05) is 12.1 Å². The molecule has 1 amide bonds. The molecule has 1 rings (SSSR count). The number of benzene rings is 1. The predicted molar refractivity (Wildman–Crippen MR) is 81.0 cm³/mol. The minimum absolute atomic E-state index is 0.0690. The van der Waals surface area contributed by atoms with E-state index >= 15 is 0 Å². The molecule has 0 aliphatic carbocycles. The topological polar surface area (TPSA) is 70.4 Å². The highest BCUT2D eigenvalue weighted by molar-refractivity contribution is 7.99. The van der Waals surface area contributed by atoms with Gasteiger partial charge in [0.2, 0.25) is 0 Å². The summed E-state index contributed by atoms with van der Waals surface area (Å²) in [5, 5.41) is 8.66. The Kier molecular flexibility index (Phi) is 7.33. The van der Waals surface area contributed by atoms with Crippen LogP contribution in [0.15, 0.2) is 29.2 Å². The summed E-state index contributed by atoms with van der Waals surface area (Å²) >= 11 is 1.31. The van der Waals surface area contributed by atoms with E-state index < -0.39 is 5.97 Å². The Labute approximate surface area is 128 Å². The van der Waals surface area contributed by atoms with Gasteiger partial charge >= 0.3 is 5.97 Å². The van der Waals surface area contributed by atoms with Crippen molar-refractivity contribution in [1.82, 2.24) is 4.90 Å². The number of hydrogen-bond acceptors (Lipinski definition) is 5. The molecule has 0 atom stereocenters. The third-order valence-electron chi connectivity index (χ3n) is 2.70. The molecular formula is C15H18N2O3S. The lowest BCUT2D eigenvalue weighted by molar-refractivity contribution is -0.143. The minimum Gasteiger partial charge on any atom is -0.465 e. The lowest BCUT2D eigenvalue weighted by atomic mass is 10.2. The molecule has 1 aromatic carbocycles. The highest BCUT2D eigenvalue weighted by Gasteiger charge is 2.20. The van der Waals surface area contributed by atoms with Gasteiger partial charge in [-0.25, -0.2) is 0 Å². The van der Waals surface area contributed by atoms with Gasteiger partial charge in [-0.3, -0.25) is 9.59 Å². The number of carbonyl (C=O) groups excluding carboxylic acids is 2. The van der Waals surface area contributed by atoms with E-state index in [-0.39, 0.29) is 18.2 Å². The zero-order valence-electron chi connectivity index (χ0n) is 12.2. The number of ether oxygens (including phenoxy) is 1. The molecule has 5 nitrogen and oxygen atoms in total. The number of likely N-dealkylation sites (N-methyl/N-ethyl adjacent to an activating group) is 1. The van der Waals surface area contributed by atoms with Crippen molar-refractivity contribution >= 4 is 23.6 Å². The lowest BCUT2D eigenvalue weighted by Crippen LogP contribution is -2.36. The molecular weight excluding hydrogens is 288 g/mol. The first-order chi connectivity index (χ1) is 10.1. The zero-order valence-corrected chi connectivity index (χ0v) is 13.0. The number of nitrogens with zero attached hydrogens (tertiary/aromatic N) is 2. The van der Waals surface area contributed by atoms with E-state index in [0.717, 1.165) is 4.90 Å². The van der Waals surface area contributed by atoms with Gasteiger partial charge in [-0.2, -0.15) is 5.26 Å². The molecule has 0 aliphatic heterocycles. The van der Waals surface area contributed by atoms with Gasteiger partial charge in [-0.05, 0) is 26.0 Å². The van der Waals surface area contributed by atoms with Crippen molar-refractivity contribution in [1.29, 1.82) is 5.26 Å². The van der Waals surface area contributed by atoms with Gasteiger partial charge in [0.1, 0.15) is 6.54 Å². The first-order valence-corrected chi connectivity index (χ1v) is 7.66. The predicted octanol–water partition coefficient (Wildman–Crippen LogP) is 2.33. The van der Waals surface area contributed by atoms with Crippen LogP contribution in [0.2, 0.25) is 0 Å². The highest BCUT2D eigenvalue weighted by Crippen LogP contribution is 2.23. The summed E-state index contributed by atoms with van der Waals surface area (Å²) in [6.45, 7) is 4.17. The van der Waals surface area contributed by atoms with E-state index in [1.54, 1.807) is 25.1 Å². The summed E-state index contributed by atoms with van der Waals surface area (Å²) in [7, 11) is 0. The number of carbonyl (C=O) groups is 2. The number of thioether (sulfide) groups is 1. The van der Waals surface area contributed by atoms with Crippen LogP contribution in [-0.4, -0.2) is 42.2 Å². The second-order valence-corrected chi connectivity index (χ2v) is 5.08. The molecule has 0 unspecified atom stereocenters. The first-order valence-electron chi connectivity index (χ1n) is 6.67. The van der Waals surface area contributed by atoms with Crippen molar-refractivity contribution < 1.29 is 14.3 Å². The monoisotopic (exact) mass is 306 g/mol. The van der Waals surface area contributed by atoms with Crippen molar-refractivity contribution in [3.8, 4) is 6.07 Å². The van der Waals surface area contributed by atoms with Crippen molar-refractivity contribution in [2.24, 2.45) is 0 Å². The van der Waals surface area contributed by atoms with Crippen LogP contribution in [0.25, 0.3) is 0 Å². The Bertz CT molecular complexity index is 540. The van der Waals surface area contributed by atoms with E-state index in [4.69, 9.17) is 10.00 Å². The van der Waals surface area contributed by atoms with Crippen molar-refractivity contribution in [2.75, 3.05) is 25.4 Å². The molecule has 0 spiro atoms. The van der Waals surface area contributed by atoms with Crippen LogP contribution in [0.3, 0.4) is 0 Å². The highest BCUT2D eigenvalue weighted by atomic mass is 32.2. The second kappa shape index (κ2) is 9.03. The molecule has 1 aromatic rings. The van der Waals surface area contributed by atoms with Crippen LogP contribution in [0.5, 0.6) is 0 Å². The summed E-state index contributed by atoms with van der Waals surface area (Å²) in [4.78, 5) is 26.2. The normalized spacial score (nSPS) is 9.76. The summed E-state index contributed by atoms with van der Waals surface area (Å²) in [5.41, 5.74) is 0.504. The summed E-state index contributed by atoms with van der Waals surface area (Å²) < 4.78 is 4.87. The molecule has 21 heavy (non-hydrogen) atoms. The Morgan fingerprint density at radius 1 is 1.33 bits per heavy atom. The SMILES string of the molecule is CCOC(=O)CN(CC)C(=O)c1ccccc1SCC#N. The maximum atomic E-state index is 12.5. The van der Waals surface area contributed by atoms with Crippen LogP contribution < -0.4 is 0 Å². The van der Waals surface area contributed by atoms with E-state index in [2.05, 4.69) is 0 Å². The van der Waals surface area contributed by atoms with Gasteiger partial charge in [0.05, 0.1) is 24.0 Å². The van der Waals surface area contributed by atoms with Crippen LogP contribution in [0.1, 0.15) is 24.2 Å². The molecule has 0 saturated heterocycles. The zero-order chi connectivity index (χ0) is 15.7. The summed E-state index contributed by atoms with van der Waals surface area (Å²) in [5.74, 6) is -0.379. The van der Waals surface area contributed by atoms with E-state index in [0.29, 0.717) is 18.7 Å². The summed E-state index contributed by atoms with van der Waals surface area (Å²) in [6, 6.07) is 9.13. The molecule has 0 heterocycles. The Hall–Kier alpha value is -2.00. The second-order valence-electron chi connectivity index (χ2n) is 4.07.